The molecule has 0 N–H and O–H groups in total. The maximum atomic E-state index is 5.21. The van der Waals surface area contributed by atoms with E-state index in [1.165, 1.54) is 23.4 Å². The molecule has 0 atom stereocenters. The minimum absolute atomic E-state index is 0.706. The van der Waals surface area contributed by atoms with Gasteiger partial charge in [-0.15, -0.1) is 10.2 Å². The average Bonchev–Trinajstić information content (AvgIpc) is 3.34. The summed E-state index contributed by atoms with van der Waals surface area (Å²) in [6.45, 7) is 5.22. The highest BCUT2D eigenvalue weighted by Crippen LogP contribution is 2.42. The van der Waals surface area contributed by atoms with Crippen LogP contribution < -0.4 is 9.64 Å². The van der Waals surface area contributed by atoms with Gasteiger partial charge in [0.1, 0.15) is 10.8 Å². The van der Waals surface area contributed by atoms with Crippen molar-refractivity contribution in [3.63, 3.8) is 0 Å². The van der Waals surface area contributed by atoms with Crippen LogP contribution in [0.4, 0.5) is 5.13 Å². The Kier molecular flexibility index (Phi) is 4.18. The van der Waals surface area contributed by atoms with Crippen LogP contribution in [0.1, 0.15) is 29.3 Å². The van der Waals surface area contributed by atoms with Gasteiger partial charge in [-0.05, 0) is 30.5 Å². The van der Waals surface area contributed by atoms with Gasteiger partial charge < -0.3 is 9.64 Å². The summed E-state index contributed by atoms with van der Waals surface area (Å²) in [5, 5.41) is 11.1. The molecule has 1 aliphatic carbocycles. The van der Waals surface area contributed by atoms with Gasteiger partial charge >= 0.3 is 0 Å². The molecule has 2 heterocycles. The van der Waals surface area contributed by atoms with Gasteiger partial charge in [-0.3, -0.25) is 4.90 Å². The summed E-state index contributed by atoms with van der Waals surface area (Å²) >= 11 is 1.79. The Morgan fingerprint density at radius 1 is 1.09 bits per heavy atom. The molecule has 0 amide bonds. The maximum absolute atomic E-state index is 5.21. The third kappa shape index (κ3) is 3.48. The van der Waals surface area contributed by atoms with Crippen LogP contribution in [0.3, 0.4) is 0 Å². The highest BCUT2D eigenvalue weighted by Gasteiger charge is 2.29. The molecule has 4 rings (SSSR count). The van der Waals surface area contributed by atoms with E-state index in [0.29, 0.717) is 5.92 Å². The summed E-state index contributed by atoms with van der Waals surface area (Å²) in [5.41, 5.74) is 1.34. The van der Waals surface area contributed by atoms with Gasteiger partial charge in [-0.2, -0.15) is 0 Å². The van der Waals surface area contributed by atoms with E-state index in [1.54, 1.807) is 18.4 Å². The molecule has 23 heavy (non-hydrogen) atoms. The highest BCUT2D eigenvalue weighted by atomic mass is 32.1. The molecular weight excluding hydrogens is 308 g/mol. The van der Waals surface area contributed by atoms with E-state index in [4.69, 9.17) is 4.74 Å². The summed E-state index contributed by atoms with van der Waals surface area (Å²) < 4.78 is 5.21. The van der Waals surface area contributed by atoms with E-state index < -0.39 is 0 Å². The summed E-state index contributed by atoms with van der Waals surface area (Å²) in [7, 11) is 1.70. The summed E-state index contributed by atoms with van der Waals surface area (Å²) in [4.78, 5) is 4.88. The molecule has 0 radical (unpaired) electrons. The van der Waals surface area contributed by atoms with Gasteiger partial charge in [0.25, 0.3) is 0 Å². The molecule has 2 aromatic rings. The first-order chi connectivity index (χ1) is 11.3. The molecule has 1 aromatic heterocycles. The quantitative estimate of drug-likeness (QED) is 0.843. The van der Waals surface area contributed by atoms with Crippen molar-refractivity contribution in [2.24, 2.45) is 0 Å². The third-order valence-electron chi connectivity index (χ3n) is 4.56. The molecule has 2 aliphatic rings. The zero-order chi connectivity index (χ0) is 15.6. The minimum Gasteiger partial charge on any atom is -0.497 e. The van der Waals surface area contributed by atoms with Crippen LogP contribution in [-0.4, -0.2) is 48.4 Å². The lowest BCUT2D eigenvalue weighted by molar-refractivity contribution is 0.249. The van der Waals surface area contributed by atoms with Crippen molar-refractivity contribution in [2.75, 3.05) is 38.2 Å². The third-order valence-corrected chi connectivity index (χ3v) is 5.71. The predicted octanol–water partition coefficient (Wildman–Crippen LogP) is 2.75. The Morgan fingerprint density at radius 3 is 2.48 bits per heavy atom. The molecule has 0 bridgehead atoms. The van der Waals surface area contributed by atoms with E-state index in [1.807, 2.05) is 12.1 Å². The highest BCUT2D eigenvalue weighted by molar-refractivity contribution is 7.15. The van der Waals surface area contributed by atoms with Gasteiger partial charge in [0.15, 0.2) is 0 Å². The topological polar surface area (TPSA) is 41.5 Å². The summed E-state index contributed by atoms with van der Waals surface area (Å²) in [5.74, 6) is 1.62. The van der Waals surface area contributed by atoms with E-state index in [9.17, 15) is 0 Å². The van der Waals surface area contributed by atoms with Crippen molar-refractivity contribution in [3.05, 3.63) is 34.8 Å². The first-order valence-corrected chi connectivity index (χ1v) is 9.07. The second-order valence-corrected chi connectivity index (χ2v) is 7.30. The van der Waals surface area contributed by atoms with Gasteiger partial charge in [-0.1, -0.05) is 23.5 Å². The van der Waals surface area contributed by atoms with Crippen LogP contribution in [0.15, 0.2) is 24.3 Å². The lowest BCUT2D eigenvalue weighted by atomic mass is 10.2. The minimum atomic E-state index is 0.706. The van der Waals surface area contributed by atoms with Crippen molar-refractivity contribution in [1.82, 2.24) is 15.1 Å². The fourth-order valence-electron chi connectivity index (χ4n) is 2.94. The van der Waals surface area contributed by atoms with Crippen LogP contribution in [0.25, 0.3) is 0 Å². The van der Waals surface area contributed by atoms with Gasteiger partial charge in [-0.25, -0.2) is 0 Å². The van der Waals surface area contributed by atoms with Crippen LogP contribution in [0, 0.1) is 0 Å². The van der Waals surface area contributed by atoms with Crippen molar-refractivity contribution >= 4 is 16.5 Å². The largest absolute Gasteiger partial charge is 0.497 e. The fourth-order valence-corrected chi connectivity index (χ4v) is 4.00. The number of benzene rings is 1. The fraction of sp³-hybridized carbons (Fsp3) is 0.529. The number of hydrogen-bond donors (Lipinski definition) is 0. The Balaban J connectivity index is 1.31. The first-order valence-electron chi connectivity index (χ1n) is 8.25. The smallest absolute Gasteiger partial charge is 0.208 e. The van der Waals surface area contributed by atoms with E-state index in [-0.39, 0.29) is 0 Å². The number of methoxy groups -OCH3 is 1. The van der Waals surface area contributed by atoms with Crippen LogP contribution in [-0.2, 0) is 6.54 Å². The lowest BCUT2D eigenvalue weighted by Gasteiger charge is -2.34. The van der Waals surface area contributed by atoms with Crippen molar-refractivity contribution in [2.45, 2.75) is 25.3 Å². The normalized spacial score (nSPS) is 19.1. The second-order valence-electron chi connectivity index (χ2n) is 6.31. The second kappa shape index (κ2) is 6.45. The molecule has 0 spiro atoms. The van der Waals surface area contributed by atoms with Gasteiger partial charge in [0, 0.05) is 38.6 Å². The number of aromatic nitrogens is 2. The molecule has 1 aliphatic heterocycles. The number of anilines is 1. The summed E-state index contributed by atoms with van der Waals surface area (Å²) in [6, 6.07) is 8.37. The van der Waals surface area contributed by atoms with E-state index in [0.717, 1.165) is 43.6 Å². The SMILES string of the molecule is COc1ccc(CN2CCN(c3nnc(C4CC4)s3)CC2)cc1. The van der Waals surface area contributed by atoms with Crippen LogP contribution >= 0.6 is 11.3 Å². The van der Waals surface area contributed by atoms with Crippen molar-refractivity contribution in [3.8, 4) is 5.75 Å². The predicted molar refractivity (Wildman–Crippen MR) is 92.4 cm³/mol. The molecule has 1 saturated carbocycles. The number of nitrogens with zero attached hydrogens (tertiary/aromatic N) is 4. The molecule has 2 fully saturated rings. The number of ether oxygens (including phenoxy) is 1. The molecule has 122 valence electrons. The van der Waals surface area contributed by atoms with Crippen LogP contribution in [0.5, 0.6) is 5.75 Å². The van der Waals surface area contributed by atoms with Gasteiger partial charge in [0.05, 0.1) is 7.11 Å². The molecule has 1 aromatic carbocycles. The van der Waals surface area contributed by atoms with Crippen molar-refractivity contribution in [1.29, 1.82) is 0 Å². The van der Waals surface area contributed by atoms with Crippen molar-refractivity contribution < 1.29 is 4.74 Å². The first kappa shape index (κ1) is 14.9. The molecular formula is C17H22N4OS. The Hall–Kier alpha value is -1.66. The maximum Gasteiger partial charge on any atom is 0.208 e. The van der Waals surface area contributed by atoms with Crippen LogP contribution in [0.2, 0.25) is 0 Å². The zero-order valence-corrected chi connectivity index (χ0v) is 14.3. The summed E-state index contributed by atoms with van der Waals surface area (Å²) in [6.07, 6.45) is 2.59. The Bertz CT molecular complexity index is 645. The lowest BCUT2D eigenvalue weighted by Crippen LogP contribution is -2.45. The zero-order valence-electron chi connectivity index (χ0n) is 13.4. The molecule has 0 unspecified atom stereocenters. The Labute approximate surface area is 140 Å². The average molecular weight is 330 g/mol. The van der Waals surface area contributed by atoms with E-state index >= 15 is 0 Å². The number of hydrogen-bond acceptors (Lipinski definition) is 6. The molecule has 5 nitrogen and oxygen atoms in total. The number of piperazine rings is 1. The molecule has 6 heteroatoms. The Morgan fingerprint density at radius 2 is 1.83 bits per heavy atom. The number of rotatable bonds is 5. The monoisotopic (exact) mass is 330 g/mol. The standard InChI is InChI=1S/C17H22N4OS/c1-22-15-6-2-13(3-7-15)12-20-8-10-21(11-9-20)17-19-18-16(23-17)14-4-5-14/h2-3,6-7,14H,4-5,8-12H2,1H3. The van der Waals surface area contributed by atoms with E-state index in [2.05, 4.69) is 32.1 Å². The molecule has 1 saturated heterocycles. The van der Waals surface area contributed by atoms with Gasteiger partial charge in [0.2, 0.25) is 5.13 Å².